The summed E-state index contributed by atoms with van der Waals surface area (Å²) in [6.07, 6.45) is 0. The van der Waals surface area contributed by atoms with Crippen LogP contribution in [0.4, 0.5) is 0 Å². The zero-order valence-electron chi connectivity index (χ0n) is 7.24. The Morgan fingerprint density at radius 3 is 2.93 bits per heavy atom. The monoisotopic (exact) mass is 271 g/mol. The van der Waals surface area contributed by atoms with Gasteiger partial charge in [0.25, 0.3) is 0 Å². The van der Waals surface area contributed by atoms with Gasteiger partial charge in [-0.3, -0.25) is 0 Å². The highest BCUT2D eigenvalue weighted by molar-refractivity contribution is 9.10. The number of hydrogen-bond acceptors (Lipinski definition) is 3. The van der Waals surface area contributed by atoms with Crippen molar-refractivity contribution in [2.45, 2.75) is 6.92 Å². The minimum Gasteiger partial charge on any atom is -0.478 e. The number of thiazole rings is 1. The molecule has 2 rings (SSSR count). The van der Waals surface area contributed by atoms with Crippen LogP contribution >= 0.6 is 27.3 Å². The van der Waals surface area contributed by atoms with Crippen LogP contribution in [0.2, 0.25) is 0 Å². The third-order valence-corrected chi connectivity index (χ3v) is 3.17. The van der Waals surface area contributed by atoms with E-state index in [-0.39, 0.29) is 5.56 Å². The van der Waals surface area contributed by atoms with Crippen molar-refractivity contribution in [3.05, 3.63) is 27.2 Å². The summed E-state index contributed by atoms with van der Waals surface area (Å²) in [5, 5.41) is 9.84. The number of carboxylic acid groups (broad SMARTS) is 1. The molecule has 14 heavy (non-hydrogen) atoms. The number of fused-ring (bicyclic) bond motifs is 1. The van der Waals surface area contributed by atoms with E-state index in [1.54, 1.807) is 6.07 Å². The topological polar surface area (TPSA) is 50.2 Å². The van der Waals surface area contributed by atoms with Crippen LogP contribution in [0.15, 0.2) is 16.6 Å². The lowest BCUT2D eigenvalue weighted by Crippen LogP contribution is -1.97. The van der Waals surface area contributed by atoms with Gasteiger partial charge in [-0.05, 0) is 19.1 Å². The molecule has 0 fully saturated rings. The largest absolute Gasteiger partial charge is 0.478 e. The maximum Gasteiger partial charge on any atom is 0.337 e. The Morgan fingerprint density at radius 2 is 2.29 bits per heavy atom. The molecule has 72 valence electrons. The molecule has 1 aromatic heterocycles. The molecule has 0 aliphatic carbocycles. The smallest absolute Gasteiger partial charge is 0.337 e. The number of halogens is 1. The predicted octanol–water partition coefficient (Wildman–Crippen LogP) is 3.07. The van der Waals surface area contributed by atoms with Gasteiger partial charge in [0.2, 0.25) is 0 Å². The zero-order chi connectivity index (χ0) is 10.3. The fourth-order valence-corrected chi connectivity index (χ4v) is 2.77. The summed E-state index contributed by atoms with van der Waals surface area (Å²) in [4.78, 5) is 15.1. The summed E-state index contributed by atoms with van der Waals surface area (Å²) in [6, 6.07) is 3.45. The van der Waals surface area contributed by atoms with Crippen molar-refractivity contribution in [3.8, 4) is 0 Å². The van der Waals surface area contributed by atoms with Crippen LogP contribution in [0.5, 0.6) is 0 Å². The third kappa shape index (κ3) is 1.53. The Bertz CT molecular complexity index is 521. The first-order valence-electron chi connectivity index (χ1n) is 3.88. The first kappa shape index (κ1) is 9.61. The first-order valence-corrected chi connectivity index (χ1v) is 5.49. The summed E-state index contributed by atoms with van der Waals surface area (Å²) >= 11 is 4.77. The maximum atomic E-state index is 10.9. The van der Waals surface area contributed by atoms with Gasteiger partial charge in [0.05, 0.1) is 20.8 Å². The molecule has 0 spiro atoms. The molecule has 0 saturated carbocycles. The molecule has 0 amide bonds. The summed E-state index contributed by atoms with van der Waals surface area (Å²) in [5.74, 6) is -0.943. The Kier molecular flexibility index (Phi) is 2.28. The van der Waals surface area contributed by atoms with Crippen LogP contribution in [-0.2, 0) is 0 Å². The van der Waals surface area contributed by atoms with Gasteiger partial charge >= 0.3 is 5.97 Å². The Morgan fingerprint density at radius 1 is 1.57 bits per heavy atom. The van der Waals surface area contributed by atoms with Crippen molar-refractivity contribution in [1.29, 1.82) is 0 Å². The number of nitrogens with zero attached hydrogens (tertiary/aromatic N) is 1. The zero-order valence-corrected chi connectivity index (χ0v) is 9.65. The van der Waals surface area contributed by atoms with Gasteiger partial charge in [0.1, 0.15) is 0 Å². The molecular weight excluding hydrogens is 266 g/mol. The molecular formula is C9H6BrNO2S. The number of aromatic carboxylic acids is 1. The number of hydrogen-bond donors (Lipinski definition) is 1. The van der Waals surface area contributed by atoms with Crippen LogP contribution in [0.25, 0.3) is 10.2 Å². The number of carbonyl (C=O) groups is 1. The van der Waals surface area contributed by atoms with E-state index in [9.17, 15) is 4.79 Å². The maximum absolute atomic E-state index is 10.9. The number of carboxylic acids is 1. The lowest BCUT2D eigenvalue weighted by molar-refractivity contribution is 0.0699. The average Bonchev–Trinajstić information content (AvgIpc) is 2.42. The molecule has 0 unspecified atom stereocenters. The third-order valence-electron chi connectivity index (χ3n) is 1.80. The van der Waals surface area contributed by atoms with Crippen molar-refractivity contribution in [2.75, 3.05) is 0 Å². The fourth-order valence-electron chi connectivity index (χ4n) is 1.27. The molecule has 0 aliphatic rings. The highest BCUT2D eigenvalue weighted by Gasteiger charge is 2.13. The van der Waals surface area contributed by atoms with Gasteiger partial charge in [-0.25, -0.2) is 9.78 Å². The van der Waals surface area contributed by atoms with E-state index in [4.69, 9.17) is 5.11 Å². The normalized spacial score (nSPS) is 10.7. The highest BCUT2D eigenvalue weighted by Crippen LogP contribution is 2.28. The molecule has 5 heteroatoms. The van der Waals surface area contributed by atoms with E-state index in [1.165, 1.54) is 11.3 Å². The van der Waals surface area contributed by atoms with Crippen LogP contribution < -0.4 is 0 Å². The van der Waals surface area contributed by atoms with E-state index in [1.807, 2.05) is 13.0 Å². The second-order valence-corrected chi connectivity index (χ2v) is 4.99. The summed E-state index contributed by atoms with van der Waals surface area (Å²) in [5.41, 5.74) is 0.821. The van der Waals surface area contributed by atoms with Crippen molar-refractivity contribution in [2.24, 2.45) is 0 Å². The van der Waals surface area contributed by atoms with Crippen LogP contribution in [0.3, 0.4) is 0 Å². The number of benzene rings is 1. The van der Waals surface area contributed by atoms with Crippen LogP contribution in [0, 0.1) is 6.92 Å². The molecule has 1 N–H and O–H groups in total. The fraction of sp³-hybridized carbons (Fsp3) is 0.111. The molecule has 0 atom stereocenters. The number of aryl methyl sites for hydroxylation is 1. The first-order chi connectivity index (χ1) is 6.58. The van der Waals surface area contributed by atoms with Gasteiger partial charge in [-0.1, -0.05) is 15.9 Å². The van der Waals surface area contributed by atoms with Gasteiger partial charge < -0.3 is 5.11 Å². The van der Waals surface area contributed by atoms with Gasteiger partial charge in [-0.2, -0.15) is 0 Å². The van der Waals surface area contributed by atoms with Crippen LogP contribution in [-0.4, -0.2) is 16.1 Å². The average molecular weight is 272 g/mol. The van der Waals surface area contributed by atoms with Gasteiger partial charge in [0.15, 0.2) is 0 Å². The van der Waals surface area contributed by atoms with E-state index in [0.717, 1.165) is 14.2 Å². The molecule has 0 bridgehead atoms. The van der Waals surface area contributed by atoms with Crippen molar-refractivity contribution >= 4 is 43.5 Å². The summed E-state index contributed by atoms with van der Waals surface area (Å²) in [7, 11) is 0. The number of aromatic nitrogens is 1. The molecule has 1 heterocycles. The lowest BCUT2D eigenvalue weighted by atomic mass is 10.2. The van der Waals surface area contributed by atoms with Crippen molar-refractivity contribution in [3.63, 3.8) is 0 Å². The van der Waals surface area contributed by atoms with Crippen LogP contribution in [0.1, 0.15) is 15.4 Å². The Hall–Kier alpha value is -0.940. The predicted molar refractivity (Wildman–Crippen MR) is 59.0 cm³/mol. The molecule has 0 radical (unpaired) electrons. The van der Waals surface area contributed by atoms with E-state index < -0.39 is 5.97 Å². The Balaban J connectivity index is 2.85. The van der Waals surface area contributed by atoms with Crippen molar-refractivity contribution < 1.29 is 9.90 Å². The summed E-state index contributed by atoms with van der Waals surface area (Å²) < 4.78 is 1.67. The van der Waals surface area contributed by atoms with Gasteiger partial charge in [-0.15, -0.1) is 11.3 Å². The lowest BCUT2D eigenvalue weighted by Gasteiger charge is -1.96. The minimum absolute atomic E-state index is 0.249. The number of rotatable bonds is 1. The summed E-state index contributed by atoms with van der Waals surface area (Å²) in [6.45, 7) is 1.87. The van der Waals surface area contributed by atoms with E-state index in [0.29, 0.717) is 5.52 Å². The Labute approximate surface area is 92.5 Å². The molecule has 1 aromatic carbocycles. The van der Waals surface area contributed by atoms with Crippen molar-refractivity contribution in [1.82, 2.24) is 4.98 Å². The van der Waals surface area contributed by atoms with Gasteiger partial charge in [0, 0.05) is 4.47 Å². The standard InChI is InChI=1S/C9H6BrNO2S/c1-4-11-8-6(9(12)13)2-5(10)3-7(8)14-4/h2-3H,1H3,(H,12,13). The molecule has 0 aliphatic heterocycles. The second kappa shape index (κ2) is 3.33. The van der Waals surface area contributed by atoms with E-state index in [2.05, 4.69) is 20.9 Å². The van der Waals surface area contributed by atoms with E-state index >= 15 is 0 Å². The molecule has 3 nitrogen and oxygen atoms in total. The second-order valence-electron chi connectivity index (χ2n) is 2.84. The minimum atomic E-state index is -0.943. The SMILES string of the molecule is Cc1nc2c(C(=O)O)cc(Br)cc2s1. The molecule has 0 saturated heterocycles. The highest BCUT2D eigenvalue weighted by atomic mass is 79.9. The quantitative estimate of drug-likeness (QED) is 0.867. The molecule has 2 aromatic rings.